The van der Waals surface area contributed by atoms with E-state index in [-0.39, 0.29) is 12.1 Å². The van der Waals surface area contributed by atoms with Crippen LogP contribution in [0.3, 0.4) is 0 Å². The number of benzene rings is 2. The van der Waals surface area contributed by atoms with Crippen LogP contribution in [0, 0.1) is 0 Å². The molecule has 0 spiro atoms. The van der Waals surface area contributed by atoms with Gasteiger partial charge in [0.25, 0.3) is 17.4 Å². The van der Waals surface area contributed by atoms with Crippen LogP contribution in [0.15, 0.2) is 83.8 Å². The smallest absolute Gasteiger partial charge is 0.325 e. The molecule has 0 aliphatic heterocycles. The Labute approximate surface area is 244 Å². The zero-order chi connectivity index (χ0) is 30.4. The minimum Gasteiger partial charge on any atom is -0.480 e. The number of nitrogens with two attached hydrogens (primary N) is 1. The summed E-state index contributed by atoms with van der Waals surface area (Å²) in [6.07, 6.45) is 3.20. The number of carbonyl (C=O) groups excluding carboxylic acids is 3. The van der Waals surface area contributed by atoms with E-state index in [9.17, 15) is 29.1 Å². The largest absolute Gasteiger partial charge is 0.480 e. The first-order chi connectivity index (χ1) is 20.0. The van der Waals surface area contributed by atoms with Crippen LogP contribution < -0.4 is 22.0 Å². The van der Waals surface area contributed by atoms with E-state index in [1.807, 2.05) is 30.3 Å². The van der Waals surface area contributed by atoms with Gasteiger partial charge in [0.05, 0.1) is 10.7 Å². The summed E-state index contributed by atoms with van der Waals surface area (Å²) in [7, 11) is 0. The maximum absolute atomic E-state index is 13.3. The molecule has 3 amide bonds. The third kappa shape index (κ3) is 7.04. The van der Waals surface area contributed by atoms with Gasteiger partial charge in [0, 0.05) is 36.0 Å². The average Bonchev–Trinajstić information content (AvgIpc) is 3.41. The molecule has 0 aliphatic rings. The number of anilines is 1. The topological polar surface area (TPSA) is 180 Å². The molecule has 1 unspecified atom stereocenters. The number of carbonyl (C=O) groups is 4. The van der Waals surface area contributed by atoms with Crippen molar-refractivity contribution in [2.45, 2.75) is 19.5 Å². The van der Waals surface area contributed by atoms with Gasteiger partial charge in [-0.1, -0.05) is 48.0 Å². The second-order valence-corrected chi connectivity index (χ2v) is 9.69. The molecule has 6 N–H and O–H groups in total. The third-order valence-corrected chi connectivity index (χ3v) is 6.64. The van der Waals surface area contributed by atoms with Gasteiger partial charge in [0.1, 0.15) is 18.1 Å². The number of hydrogen-bond donors (Lipinski definition) is 5. The number of carboxylic acid groups (broad SMARTS) is 1. The molecule has 0 radical (unpaired) electrons. The SMILES string of the molecule is CC(C(=O)NN(CC(=O)O)C(=O)/C=C/C(=O)NCc1ccccc1)n1ccc2cc(-c3ccc(N)c(Cl)c3)[nH]c2c1=O. The molecule has 4 aromatic rings. The van der Waals surface area contributed by atoms with E-state index in [1.165, 1.54) is 13.1 Å². The molecule has 2 aromatic heterocycles. The molecule has 0 saturated carbocycles. The highest BCUT2D eigenvalue weighted by atomic mass is 35.5. The maximum Gasteiger partial charge on any atom is 0.325 e. The molecule has 1 atom stereocenters. The molecule has 42 heavy (non-hydrogen) atoms. The number of fused-ring (bicyclic) bond motifs is 1. The minimum absolute atomic E-state index is 0.223. The van der Waals surface area contributed by atoms with E-state index in [1.54, 1.807) is 30.3 Å². The van der Waals surface area contributed by atoms with E-state index >= 15 is 0 Å². The number of pyridine rings is 1. The lowest BCUT2D eigenvalue weighted by Crippen LogP contribution is -2.50. The molecule has 13 heteroatoms. The number of carboxylic acids is 1. The fraction of sp³-hybridized carbons (Fsp3) is 0.138. The van der Waals surface area contributed by atoms with E-state index in [0.29, 0.717) is 32.4 Å². The molecule has 0 fully saturated rings. The number of aromatic amines is 1. The van der Waals surface area contributed by atoms with Crippen LogP contribution in [0.5, 0.6) is 0 Å². The Morgan fingerprint density at radius 3 is 2.52 bits per heavy atom. The number of amides is 3. The zero-order valence-corrected chi connectivity index (χ0v) is 23.1. The number of nitrogen functional groups attached to an aromatic ring is 1. The molecule has 0 bridgehead atoms. The monoisotopic (exact) mass is 590 g/mol. The Morgan fingerprint density at radius 1 is 1.10 bits per heavy atom. The molecule has 4 rings (SSSR count). The highest BCUT2D eigenvalue weighted by Gasteiger charge is 2.23. The molecule has 2 aromatic carbocycles. The number of rotatable bonds is 9. The van der Waals surface area contributed by atoms with Crippen molar-refractivity contribution in [2.24, 2.45) is 0 Å². The number of H-pyrrole nitrogens is 1. The fourth-order valence-corrected chi connectivity index (χ4v) is 4.21. The van der Waals surface area contributed by atoms with Gasteiger partial charge in [0.15, 0.2) is 0 Å². The summed E-state index contributed by atoms with van der Waals surface area (Å²) in [5, 5.41) is 13.3. The van der Waals surface area contributed by atoms with Gasteiger partial charge >= 0.3 is 5.97 Å². The average molecular weight is 591 g/mol. The van der Waals surface area contributed by atoms with Gasteiger partial charge in [-0.15, -0.1) is 0 Å². The second kappa shape index (κ2) is 12.9. The van der Waals surface area contributed by atoms with E-state index in [4.69, 9.17) is 17.3 Å². The summed E-state index contributed by atoms with van der Waals surface area (Å²) >= 11 is 6.13. The number of aliphatic carboxylic acids is 1. The summed E-state index contributed by atoms with van der Waals surface area (Å²) < 4.78 is 1.14. The normalized spacial score (nSPS) is 11.8. The van der Waals surface area contributed by atoms with Crippen LogP contribution in [0.1, 0.15) is 18.5 Å². The molecular formula is C29H27ClN6O6. The summed E-state index contributed by atoms with van der Waals surface area (Å²) in [5.74, 6) is -3.77. The van der Waals surface area contributed by atoms with Crippen LogP contribution in [-0.4, -0.2) is 49.9 Å². The van der Waals surface area contributed by atoms with E-state index in [0.717, 1.165) is 22.3 Å². The van der Waals surface area contributed by atoms with Crippen LogP contribution in [0.25, 0.3) is 22.2 Å². The standard InChI is InChI=1S/C29H27ClN6O6/c1-17(35-12-11-20-14-23(33-27(20)29(35)42)19-7-8-22(31)21(30)13-19)28(41)34-36(16-26(39)40)25(38)10-9-24(37)32-15-18-5-3-2-4-6-18/h2-14,17,33H,15-16,31H2,1H3,(H,32,37)(H,34,41)(H,39,40)/b10-9+. The Bertz CT molecular complexity index is 1750. The lowest BCUT2D eigenvalue weighted by Gasteiger charge is -2.23. The number of nitrogens with zero attached hydrogens (tertiary/aromatic N) is 2. The van der Waals surface area contributed by atoms with E-state index in [2.05, 4.69) is 15.7 Å². The number of halogens is 1. The molecule has 0 aliphatic carbocycles. The van der Waals surface area contributed by atoms with Gasteiger partial charge in [-0.3, -0.25) is 29.4 Å². The van der Waals surface area contributed by atoms with E-state index < -0.39 is 41.8 Å². The lowest BCUT2D eigenvalue weighted by molar-refractivity contribution is -0.148. The lowest BCUT2D eigenvalue weighted by atomic mass is 10.1. The summed E-state index contributed by atoms with van der Waals surface area (Å²) in [6.45, 7) is 0.758. The minimum atomic E-state index is -1.40. The second-order valence-electron chi connectivity index (χ2n) is 9.28. The van der Waals surface area contributed by atoms with Crippen LogP contribution in [0.4, 0.5) is 5.69 Å². The Morgan fingerprint density at radius 2 is 1.83 bits per heavy atom. The number of nitrogens with one attached hydrogen (secondary N) is 3. The number of hydrogen-bond acceptors (Lipinski definition) is 6. The first-order valence-corrected chi connectivity index (χ1v) is 13.0. The van der Waals surface area contributed by atoms with Crippen LogP contribution >= 0.6 is 11.6 Å². The maximum atomic E-state index is 13.3. The van der Waals surface area contributed by atoms with Crippen LogP contribution in [0.2, 0.25) is 5.02 Å². The summed E-state index contributed by atoms with van der Waals surface area (Å²) in [5.41, 5.74) is 10.3. The molecule has 216 valence electrons. The predicted octanol–water partition coefficient (Wildman–Crippen LogP) is 2.61. The third-order valence-electron chi connectivity index (χ3n) is 6.31. The van der Waals surface area contributed by atoms with Gasteiger partial charge in [-0.05, 0) is 42.3 Å². The highest BCUT2D eigenvalue weighted by molar-refractivity contribution is 6.33. The quantitative estimate of drug-likeness (QED) is 0.113. The molecule has 2 heterocycles. The molecule has 12 nitrogen and oxygen atoms in total. The van der Waals surface area contributed by atoms with Crippen molar-refractivity contribution < 1.29 is 24.3 Å². The first-order valence-electron chi connectivity index (χ1n) is 12.7. The van der Waals surface area contributed by atoms with Crippen molar-refractivity contribution in [3.8, 4) is 11.3 Å². The van der Waals surface area contributed by atoms with Crippen molar-refractivity contribution in [3.63, 3.8) is 0 Å². The summed E-state index contributed by atoms with van der Waals surface area (Å²) in [6, 6.07) is 16.4. The Hall–Kier alpha value is -5.36. The summed E-state index contributed by atoms with van der Waals surface area (Å²) in [4.78, 5) is 65.5. The number of hydrazine groups is 1. The molecule has 0 saturated heterocycles. The molecular weight excluding hydrogens is 564 g/mol. The number of aromatic nitrogens is 2. The van der Waals surface area contributed by atoms with Crippen molar-refractivity contribution in [1.29, 1.82) is 0 Å². The fourth-order valence-electron chi connectivity index (χ4n) is 4.03. The van der Waals surface area contributed by atoms with Crippen molar-refractivity contribution in [3.05, 3.63) is 100.0 Å². The zero-order valence-electron chi connectivity index (χ0n) is 22.3. The highest BCUT2D eigenvalue weighted by Crippen LogP contribution is 2.28. The van der Waals surface area contributed by atoms with Crippen molar-refractivity contribution in [2.75, 3.05) is 12.3 Å². The predicted molar refractivity (Wildman–Crippen MR) is 157 cm³/mol. The van der Waals surface area contributed by atoms with Crippen molar-refractivity contribution in [1.82, 2.24) is 25.3 Å². The van der Waals surface area contributed by atoms with Gasteiger partial charge in [0.2, 0.25) is 5.91 Å². The Balaban J connectivity index is 1.47. The Kier molecular flexibility index (Phi) is 9.08. The van der Waals surface area contributed by atoms with Gasteiger partial charge < -0.3 is 25.7 Å². The van der Waals surface area contributed by atoms with Crippen molar-refractivity contribution >= 4 is 51.9 Å². The van der Waals surface area contributed by atoms with Gasteiger partial charge in [-0.2, -0.15) is 0 Å². The van der Waals surface area contributed by atoms with Crippen LogP contribution in [-0.2, 0) is 25.7 Å². The first kappa shape index (κ1) is 29.6. The van der Waals surface area contributed by atoms with Gasteiger partial charge in [-0.25, -0.2) is 5.01 Å².